The maximum absolute atomic E-state index is 11.8. The van der Waals surface area contributed by atoms with Gasteiger partial charge in [0.1, 0.15) is 6.10 Å². The molecule has 142 valence electrons. The van der Waals surface area contributed by atoms with E-state index in [0.717, 1.165) is 19.3 Å². The van der Waals surface area contributed by atoms with Gasteiger partial charge in [0.25, 0.3) is 0 Å². The number of aliphatic hydroxyl groups excluding tert-OH is 1. The number of allylic oxidation sites excluding steroid dienone is 1. The Labute approximate surface area is 153 Å². The van der Waals surface area contributed by atoms with Gasteiger partial charge in [-0.3, -0.25) is 4.79 Å². The van der Waals surface area contributed by atoms with Gasteiger partial charge in [-0.15, -0.1) is 0 Å². The molecule has 0 saturated heterocycles. The van der Waals surface area contributed by atoms with E-state index in [0.29, 0.717) is 23.7 Å². The van der Waals surface area contributed by atoms with E-state index in [-0.39, 0.29) is 29.5 Å². The molecular weight excluding hydrogens is 312 g/mol. The molecule has 6 unspecified atom stereocenters. The highest BCUT2D eigenvalue weighted by Crippen LogP contribution is 2.63. The first-order valence-corrected chi connectivity index (χ1v) is 10.2. The average molecular weight is 349 g/mol. The third-order valence-corrected chi connectivity index (χ3v) is 7.90. The van der Waals surface area contributed by atoms with Gasteiger partial charge in [0.05, 0.1) is 0 Å². The quantitative estimate of drug-likeness (QED) is 0.592. The van der Waals surface area contributed by atoms with Crippen LogP contribution in [0, 0.1) is 34.5 Å². The summed E-state index contributed by atoms with van der Waals surface area (Å²) in [6.45, 7) is 11.0. The minimum Gasteiger partial charge on any atom is -0.458 e. The van der Waals surface area contributed by atoms with E-state index in [1.54, 1.807) is 6.92 Å². The fraction of sp³-hybridized carbons (Fsp3) is 0.864. The third-order valence-electron chi connectivity index (χ3n) is 7.90. The molecule has 3 heteroatoms. The minimum absolute atomic E-state index is 0.0286. The smallest absolute Gasteiger partial charge is 0.303 e. The van der Waals surface area contributed by atoms with Crippen LogP contribution in [-0.4, -0.2) is 23.8 Å². The molecule has 0 aromatic carbocycles. The van der Waals surface area contributed by atoms with Crippen LogP contribution in [0.1, 0.15) is 73.1 Å². The molecule has 2 fully saturated rings. The lowest BCUT2D eigenvalue weighted by molar-refractivity contribution is -0.152. The van der Waals surface area contributed by atoms with Crippen molar-refractivity contribution in [3.05, 3.63) is 11.6 Å². The molecule has 6 atom stereocenters. The van der Waals surface area contributed by atoms with E-state index in [1.165, 1.54) is 24.8 Å². The fourth-order valence-electron chi connectivity index (χ4n) is 6.54. The van der Waals surface area contributed by atoms with Crippen LogP contribution in [0.4, 0.5) is 0 Å². The summed E-state index contributed by atoms with van der Waals surface area (Å²) in [7, 11) is 0. The molecule has 1 N–H and O–H groups in total. The molecule has 25 heavy (non-hydrogen) atoms. The lowest BCUT2D eigenvalue weighted by Crippen LogP contribution is -2.54. The lowest BCUT2D eigenvalue weighted by atomic mass is 9.46. The monoisotopic (exact) mass is 348 g/mol. The summed E-state index contributed by atoms with van der Waals surface area (Å²) in [6.07, 6.45) is 9.24. The number of fused-ring (bicyclic) bond motifs is 3. The van der Waals surface area contributed by atoms with E-state index < -0.39 is 0 Å². The molecule has 0 heterocycles. The number of esters is 1. The van der Waals surface area contributed by atoms with Crippen LogP contribution < -0.4 is 0 Å². The van der Waals surface area contributed by atoms with Gasteiger partial charge < -0.3 is 9.84 Å². The van der Waals surface area contributed by atoms with Crippen LogP contribution in [0.5, 0.6) is 0 Å². The largest absolute Gasteiger partial charge is 0.458 e. The van der Waals surface area contributed by atoms with Gasteiger partial charge in [-0.25, -0.2) is 0 Å². The predicted molar refractivity (Wildman–Crippen MR) is 99.9 cm³/mol. The molecule has 0 aromatic heterocycles. The van der Waals surface area contributed by atoms with E-state index in [1.807, 2.05) is 0 Å². The zero-order valence-electron chi connectivity index (χ0n) is 16.7. The number of ether oxygens (including phenoxy) is 1. The summed E-state index contributed by atoms with van der Waals surface area (Å²) in [6, 6.07) is 0. The van der Waals surface area contributed by atoms with E-state index >= 15 is 0 Å². The Bertz CT molecular complexity index is 551. The Balaban J connectivity index is 1.98. The average Bonchev–Trinajstić information content (AvgIpc) is 2.54. The van der Waals surface area contributed by atoms with Gasteiger partial charge in [0, 0.05) is 19.4 Å². The molecule has 3 aliphatic carbocycles. The van der Waals surface area contributed by atoms with E-state index in [2.05, 4.69) is 33.8 Å². The summed E-state index contributed by atoms with van der Waals surface area (Å²) < 4.78 is 5.88. The molecule has 0 aliphatic heterocycles. The van der Waals surface area contributed by atoms with Crippen LogP contribution >= 0.6 is 0 Å². The fourth-order valence-corrected chi connectivity index (χ4v) is 6.54. The van der Waals surface area contributed by atoms with Gasteiger partial charge >= 0.3 is 5.97 Å². The zero-order chi connectivity index (χ0) is 18.4. The van der Waals surface area contributed by atoms with Crippen molar-refractivity contribution < 1.29 is 14.6 Å². The molecular formula is C22H36O3. The SMILES string of the molecule is CC(=O)OC1C2=CCC3C(C)(CO)CCCC3(C)C2CCC1C(C)C. The molecule has 0 amide bonds. The minimum atomic E-state index is -0.159. The van der Waals surface area contributed by atoms with Crippen LogP contribution in [-0.2, 0) is 9.53 Å². The second kappa shape index (κ2) is 6.72. The third kappa shape index (κ3) is 3.07. The summed E-state index contributed by atoms with van der Waals surface area (Å²) in [5, 5.41) is 10.1. The number of hydrogen-bond donors (Lipinski definition) is 1. The van der Waals surface area contributed by atoms with Crippen molar-refractivity contribution in [1.82, 2.24) is 0 Å². The van der Waals surface area contributed by atoms with Crippen LogP contribution in [0.2, 0.25) is 0 Å². The first-order chi connectivity index (χ1) is 11.7. The molecule has 0 aromatic rings. The maximum Gasteiger partial charge on any atom is 0.303 e. The Kier molecular flexibility index (Phi) is 5.09. The van der Waals surface area contributed by atoms with E-state index in [9.17, 15) is 9.90 Å². The van der Waals surface area contributed by atoms with Crippen LogP contribution in [0.3, 0.4) is 0 Å². The van der Waals surface area contributed by atoms with Gasteiger partial charge in [0.15, 0.2) is 0 Å². The van der Waals surface area contributed by atoms with Gasteiger partial charge in [-0.2, -0.15) is 0 Å². The van der Waals surface area contributed by atoms with Gasteiger partial charge in [-0.1, -0.05) is 40.2 Å². The van der Waals surface area contributed by atoms with Crippen LogP contribution in [0.15, 0.2) is 11.6 Å². The zero-order valence-corrected chi connectivity index (χ0v) is 16.7. The van der Waals surface area contributed by atoms with Crippen molar-refractivity contribution in [2.45, 2.75) is 79.2 Å². The van der Waals surface area contributed by atoms with Gasteiger partial charge in [0.2, 0.25) is 0 Å². The number of carbonyl (C=O) groups excluding carboxylic acids is 1. The first kappa shape index (κ1) is 18.9. The molecule has 0 spiro atoms. The Morgan fingerprint density at radius 3 is 2.64 bits per heavy atom. The number of aliphatic hydroxyl groups is 1. The molecule has 2 saturated carbocycles. The Morgan fingerprint density at radius 1 is 1.32 bits per heavy atom. The van der Waals surface area contributed by atoms with Crippen molar-refractivity contribution >= 4 is 5.97 Å². The molecule has 3 aliphatic rings. The predicted octanol–water partition coefficient (Wildman–Crippen LogP) is 4.74. The summed E-state index contributed by atoms with van der Waals surface area (Å²) >= 11 is 0. The summed E-state index contributed by atoms with van der Waals surface area (Å²) in [4.78, 5) is 11.8. The van der Waals surface area contributed by atoms with Crippen LogP contribution in [0.25, 0.3) is 0 Å². The molecule has 3 rings (SSSR count). The Morgan fingerprint density at radius 2 is 2.04 bits per heavy atom. The second-order valence-electron chi connectivity index (χ2n) is 9.73. The Hall–Kier alpha value is -0.830. The first-order valence-electron chi connectivity index (χ1n) is 10.2. The highest BCUT2D eigenvalue weighted by atomic mass is 16.5. The standard InChI is InChI=1S/C22H36O3/c1-14(2)16-7-9-18-17(20(16)25-15(3)24)8-10-19-21(4,13-23)11-6-12-22(18,19)5/h8,14,16,18-20,23H,6-7,9-13H2,1-5H3. The molecule has 0 bridgehead atoms. The summed E-state index contributed by atoms with van der Waals surface area (Å²) in [5.74, 6) is 1.82. The second-order valence-corrected chi connectivity index (χ2v) is 9.73. The molecule has 3 nitrogen and oxygen atoms in total. The number of rotatable bonds is 3. The topological polar surface area (TPSA) is 46.5 Å². The van der Waals surface area contributed by atoms with Crippen molar-refractivity contribution in [1.29, 1.82) is 0 Å². The maximum atomic E-state index is 11.8. The van der Waals surface area contributed by atoms with Crippen molar-refractivity contribution in [3.63, 3.8) is 0 Å². The van der Waals surface area contributed by atoms with Gasteiger partial charge in [-0.05, 0) is 66.3 Å². The number of hydrogen-bond acceptors (Lipinski definition) is 3. The van der Waals surface area contributed by atoms with Crippen molar-refractivity contribution in [3.8, 4) is 0 Å². The van der Waals surface area contributed by atoms with E-state index in [4.69, 9.17) is 4.74 Å². The molecule has 0 radical (unpaired) electrons. The number of carbonyl (C=O) groups is 1. The normalized spacial score (nSPS) is 43.9. The summed E-state index contributed by atoms with van der Waals surface area (Å²) in [5.41, 5.74) is 1.64. The lowest BCUT2D eigenvalue weighted by Gasteiger charge is -2.60. The highest BCUT2D eigenvalue weighted by molar-refractivity contribution is 5.66. The van der Waals surface area contributed by atoms with Crippen molar-refractivity contribution in [2.24, 2.45) is 34.5 Å². The highest BCUT2D eigenvalue weighted by Gasteiger charge is 2.56. The van der Waals surface area contributed by atoms with Crippen molar-refractivity contribution in [2.75, 3.05) is 6.61 Å².